The van der Waals surface area contributed by atoms with Crippen molar-refractivity contribution in [1.82, 2.24) is 14.9 Å². The molecule has 1 aromatic heterocycles. The Morgan fingerprint density at radius 3 is 2.08 bits per heavy atom. The lowest BCUT2D eigenvalue weighted by Gasteiger charge is -2.19. The largest absolute Gasteiger partial charge is 0.325 e. The zero-order valence-corrected chi connectivity index (χ0v) is 13.2. The van der Waals surface area contributed by atoms with Gasteiger partial charge in [0.15, 0.2) is 6.17 Å². The molecule has 0 bridgehead atoms. The van der Waals surface area contributed by atoms with Gasteiger partial charge in [0.05, 0.1) is 6.33 Å². The Labute approximate surface area is 143 Å². The molecule has 0 unspecified atom stereocenters. The first-order valence-corrected chi connectivity index (χ1v) is 7.64. The van der Waals surface area contributed by atoms with E-state index in [2.05, 4.69) is 10.3 Å². The maximum Gasteiger partial charge on any atom is 0.255 e. The average molecular weight is 333 g/mol. The van der Waals surface area contributed by atoms with E-state index in [1.54, 1.807) is 60.7 Å². The van der Waals surface area contributed by atoms with E-state index in [9.17, 15) is 14.4 Å². The minimum Gasteiger partial charge on any atom is -0.325 e. The van der Waals surface area contributed by atoms with Gasteiger partial charge in [0.25, 0.3) is 11.5 Å². The Bertz CT molecular complexity index is 937. The second-order valence-corrected chi connectivity index (χ2v) is 5.30. The highest BCUT2D eigenvalue weighted by Crippen LogP contribution is 2.11. The number of carbonyl (C=O) groups is 2. The summed E-state index contributed by atoms with van der Waals surface area (Å²) in [4.78, 5) is 41.4. The first-order valence-electron chi connectivity index (χ1n) is 7.64. The summed E-state index contributed by atoms with van der Waals surface area (Å²) in [6.45, 7) is 0. The molecule has 0 aliphatic carbocycles. The number of benzene rings is 2. The number of nitrogens with one attached hydrogen (secondary N) is 1. The van der Waals surface area contributed by atoms with Gasteiger partial charge in [-0.25, -0.2) is 4.98 Å². The third-order valence-electron chi connectivity index (χ3n) is 3.64. The Kier molecular flexibility index (Phi) is 4.80. The van der Waals surface area contributed by atoms with E-state index in [1.807, 2.05) is 0 Å². The number of hydrogen-bond acceptors (Lipinski definition) is 4. The topological polar surface area (TPSA) is 81.1 Å². The van der Waals surface area contributed by atoms with Crippen LogP contribution in [0.1, 0.15) is 26.9 Å². The third-order valence-corrected chi connectivity index (χ3v) is 3.64. The van der Waals surface area contributed by atoms with Crippen LogP contribution in [0.4, 0.5) is 0 Å². The summed E-state index contributed by atoms with van der Waals surface area (Å²) in [5, 5.41) is 2.62. The summed E-state index contributed by atoms with van der Waals surface area (Å²) in [6.07, 6.45) is 1.39. The fourth-order valence-corrected chi connectivity index (χ4v) is 2.37. The minimum absolute atomic E-state index is 0.386. The van der Waals surface area contributed by atoms with Crippen molar-refractivity contribution < 1.29 is 9.59 Å². The summed E-state index contributed by atoms with van der Waals surface area (Å²) < 4.78 is 1.11. The van der Waals surface area contributed by atoms with Crippen LogP contribution in [-0.2, 0) is 0 Å². The van der Waals surface area contributed by atoms with Crippen LogP contribution in [0.2, 0.25) is 0 Å². The molecule has 0 aliphatic rings. The Balaban J connectivity index is 1.98. The van der Waals surface area contributed by atoms with E-state index >= 15 is 0 Å². The van der Waals surface area contributed by atoms with Crippen LogP contribution < -0.4 is 10.9 Å². The zero-order valence-electron chi connectivity index (χ0n) is 13.2. The van der Waals surface area contributed by atoms with E-state index in [0.717, 1.165) is 4.57 Å². The molecule has 3 rings (SSSR count). The highest BCUT2D eigenvalue weighted by atomic mass is 16.2. The summed E-state index contributed by atoms with van der Waals surface area (Å²) in [5.41, 5.74) is 0.347. The van der Waals surface area contributed by atoms with Gasteiger partial charge >= 0.3 is 0 Å². The highest BCUT2D eigenvalue weighted by Gasteiger charge is 2.25. The van der Waals surface area contributed by atoms with Gasteiger partial charge in [-0.15, -0.1) is 0 Å². The van der Waals surface area contributed by atoms with Crippen LogP contribution in [-0.4, -0.2) is 21.2 Å². The summed E-state index contributed by atoms with van der Waals surface area (Å²) >= 11 is 0. The monoisotopic (exact) mass is 333 g/mol. The van der Waals surface area contributed by atoms with E-state index in [-0.39, 0.29) is 0 Å². The van der Waals surface area contributed by atoms with Gasteiger partial charge in [-0.1, -0.05) is 48.5 Å². The van der Waals surface area contributed by atoms with Crippen molar-refractivity contribution in [2.75, 3.05) is 0 Å². The van der Waals surface area contributed by atoms with Gasteiger partial charge in [-0.2, -0.15) is 0 Å². The van der Waals surface area contributed by atoms with Gasteiger partial charge in [0, 0.05) is 23.4 Å². The lowest BCUT2D eigenvalue weighted by molar-refractivity contribution is 0.0812. The van der Waals surface area contributed by atoms with Gasteiger partial charge < -0.3 is 5.32 Å². The molecule has 0 saturated carbocycles. The van der Waals surface area contributed by atoms with Crippen molar-refractivity contribution in [1.29, 1.82) is 0 Å². The number of rotatable bonds is 5. The Morgan fingerprint density at radius 1 is 0.880 bits per heavy atom. The molecule has 0 spiro atoms. The van der Waals surface area contributed by atoms with Crippen molar-refractivity contribution in [3.63, 3.8) is 0 Å². The summed E-state index contributed by atoms with van der Waals surface area (Å²) in [7, 11) is 0. The molecule has 1 N–H and O–H groups in total. The van der Waals surface area contributed by atoms with E-state index < -0.39 is 23.4 Å². The smallest absolute Gasteiger partial charge is 0.255 e. The molecule has 6 heteroatoms. The van der Waals surface area contributed by atoms with E-state index in [0.29, 0.717) is 11.1 Å². The highest BCUT2D eigenvalue weighted by molar-refractivity contribution is 6.03. The first-order chi connectivity index (χ1) is 12.2. The molecular weight excluding hydrogens is 318 g/mol. The number of amides is 1. The molecule has 3 aromatic rings. The number of Topliss-reactive ketones (excluding diaryl/α,β-unsaturated/α-hetero) is 1. The van der Waals surface area contributed by atoms with Gasteiger partial charge in [0.1, 0.15) is 0 Å². The maximum atomic E-state index is 12.9. The zero-order chi connectivity index (χ0) is 17.6. The molecule has 1 heterocycles. The number of aromatic nitrogens is 2. The third kappa shape index (κ3) is 3.69. The maximum absolute atomic E-state index is 12.9. The van der Waals surface area contributed by atoms with Crippen LogP contribution in [0.5, 0.6) is 0 Å². The molecule has 0 fully saturated rings. The van der Waals surface area contributed by atoms with Crippen LogP contribution in [0.3, 0.4) is 0 Å². The standard InChI is InChI=1S/C19H15N3O3/c23-16-11-12-20-13-22(16)18(17(24)14-7-3-1-4-8-14)21-19(25)15-9-5-2-6-10-15/h1-13,18H,(H,21,25)/t18-/m0/s1. The van der Waals surface area contributed by atoms with Crippen molar-refractivity contribution in [2.45, 2.75) is 6.17 Å². The van der Waals surface area contributed by atoms with Crippen molar-refractivity contribution in [3.8, 4) is 0 Å². The molecule has 0 radical (unpaired) electrons. The molecule has 1 amide bonds. The number of hydrogen-bond donors (Lipinski definition) is 1. The lowest BCUT2D eigenvalue weighted by Crippen LogP contribution is -2.42. The second kappa shape index (κ2) is 7.35. The molecule has 2 aromatic carbocycles. The Hall–Kier alpha value is -3.54. The molecular formula is C19H15N3O3. The van der Waals surface area contributed by atoms with Crippen LogP contribution in [0, 0.1) is 0 Å². The fraction of sp³-hybridized carbons (Fsp3) is 0.0526. The van der Waals surface area contributed by atoms with Crippen molar-refractivity contribution in [3.05, 3.63) is 101 Å². The van der Waals surface area contributed by atoms with Gasteiger partial charge in [-0.05, 0) is 12.1 Å². The summed E-state index contributed by atoms with van der Waals surface area (Å²) in [5.74, 6) is -0.856. The summed E-state index contributed by atoms with van der Waals surface area (Å²) in [6, 6.07) is 18.2. The first kappa shape index (κ1) is 16.3. The number of nitrogens with zero attached hydrogens (tertiary/aromatic N) is 2. The van der Waals surface area contributed by atoms with Crippen molar-refractivity contribution >= 4 is 11.7 Å². The molecule has 124 valence electrons. The van der Waals surface area contributed by atoms with Gasteiger partial charge in [-0.3, -0.25) is 19.0 Å². The van der Waals surface area contributed by atoms with Gasteiger partial charge in [0.2, 0.25) is 5.78 Å². The van der Waals surface area contributed by atoms with E-state index in [1.165, 1.54) is 18.6 Å². The fourth-order valence-electron chi connectivity index (χ4n) is 2.37. The SMILES string of the molecule is O=C(N[C@H](C(=O)c1ccccc1)n1cnccc1=O)c1ccccc1. The second-order valence-electron chi connectivity index (χ2n) is 5.30. The number of ketones is 1. The molecule has 1 atom stereocenters. The van der Waals surface area contributed by atoms with Crippen LogP contribution >= 0.6 is 0 Å². The van der Waals surface area contributed by atoms with Crippen LogP contribution in [0.15, 0.2) is 84.0 Å². The van der Waals surface area contributed by atoms with E-state index in [4.69, 9.17) is 0 Å². The molecule has 6 nitrogen and oxygen atoms in total. The normalized spacial score (nSPS) is 11.5. The molecule has 0 aliphatic heterocycles. The quantitative estimate of drug-likeness (QED) is 0.725. The molecule has 0 saturated heterocycles. The minimum atomic E-state index is -1.18. The average Bonchev–Trinajstić information content (AvgIpc) is 2.67. The lowest BCUT2D eigenvalue weighted by atomic mass is 10.1. The van der Waals surface area contributed by atoms with Crippen LogP contribution in [0.25, 0.3) is 0 Å². The predicted octanol–water partition coefficient (Wildman–Crippen LogP) is 2.05. The van der Waals surface area contributed by atoms with Crippen molar-refractivity contribution in [2.24, 2.45) is 0 Å². The predicted molar refractivity (Wildman–Crippen MR) is 92.2 cm³/mol. The number of carbonyl (C=O) groups excluding carboxylic acids is 2. The molecule has 25 heavy (non-hydrogen) atoms. The Morgan fingerprint density at radius 2 is 1.48 bits per heavy atom.